The minimum atomic E-state index is -0.0497. The lowest BCUT2D eigenvalue weighted by atomic mass is 10.1. The normalized spacial score (nSPS) is 10.7. The summed E-state index contributed by atoms with van der Waals surface area (Å²) in [6, 6.07) is 12.9. The number of aromatic nitrogens is 2. The number of hydrogen-bond donors (Lipinski definition) is 0. The number of ether oxygens (including phenoxy) is 2. The number of nitrogens with zero attached hydrogens (tertiary/aromatic N) is 2. The van der Waals surface area contributed by atoms with Crippen molar-refractivity contribution in [3.63, 3.8) is 0 Å². The molecule has 0 atom stereocenters. The van der Waals surface area contributed by atoms with Gasteiger partial charge in [0.15, 0.2) is 14.5 Å². The van der Waals surface area contributed by atoms with E-state index >= 15 is 0 Å². The smallest absolute Gasteiger partial charge is 0.177 e. The fourth-order valence-electron chi connectivity index (χ4n) is 2.28. The number of carbonyl (C=O) groups is 1. The minimum absolute atomic E-state index is 0.0497. The number of methoxy groups -OCH3 is 2. The Kier molecular flexibility index (Phi) is 7.61. The van der Waals surface area contributed by atoms with Crippen molar-refractivity contribution in [2.24, 2.45) is 0 Å². The minimum Gasteiger partial charge on any atom is -0.497 e. The van der Waals surface area contributed by atoms with Crippen molar-refractivity contribution < 1.29 is 14.3 Å². The zero-order valence-corrected chi connectivity index (χ0v) is 18.4. The highest BCUT2D eigenvalue weighted by Gasteiger charge is 2.15. The van der Waals surface area contributed by atoms with Crippen molar-refractivity contribution >= 4 is 52.2 Å². The van der Waals surface area contributed by atoms with Crippen LogP contribution in [-0.4, -0.2) is 36.0 Å². The van der Waals surface area contributed by atoms with Gasteiger partial charge in [-0.3, -0.25) is 4.79 Å². The monoisotopic (exact) mass is 452 g/mol. The molecule has 28 heavy (non-hydrogen) atoms. The van der Waals surface area contributed by atoms with E-state index in [4.69, 9.17) is 21.1 Å². The molecule has 3 rings (SSSR count). The summed E-state index contributed by atoms with van der Waals surface area (Å²) >= 11 is 10.4. The zero-order valence-electron chi connectivity index (χ0n) is 15.2. The average molecular weight is 453 g/mol. The van der Waals surface area contributed by atoms with Crippen LogP contribution < -0.4 is 9.47 Å². The van der Waals surface area contributed by atoms with Gasteiger partial charge in [-0.15, -0.1) is 10.2 Å². The van der Waals surface area contributed by atoms with Crippen LogP contribution >= 0.6 is 46.5 Å². The molecule has 2 aromatic carbocycles. The lowest BCUT2D eigenvalue weighted by Gasteiger charge is -2.09. The summed E-state index contributed by atoms with van der Waals surface area (Å²) in [6.07, 6.45) is 0. The van der Waals surface area contributed by atoms with E-state index in [2.05, 4.69) is 10.2 Å². The Bertz CT molecular complexity index is 948. The van der Waals surface area contributed by atoms with Gasteiger partial charge < -0.3 is 9.47 Å². The summed E-state index contributed by atoms with van der Waals surface area (Å²) in [5.74, 6) is 2.14. The number of benzene rings is 2. The molecule has 0 N–H and O–H groups in total. The molecule has 0 amide bonds. The van der Waals surface area contributed by atoms with Crippen LogP contribution in [0.2, 0.25) is 5.02 Å². The van der Waals surface area contributed by atoms with Gasteiger partial charge in [-0.1, -0.05) is 58.6 Å². The molecule has 3 aromatic rings. The molecule has 5 nitrogen and oxygen atoms in total. The molecular weight excluding hydrogens is 436 g/mol. The van der Waals surface area contributed by atoms with Gasteiger partial charge >= 0.3 is 0 Å². The summed E-state index contributed by atoms with van der Waals surface area (Å²) in [5.41, 5.74) is 1.66. The summed E-state index contributed by atoms with van der Waals surface area (Å²) in [6.45, 7) is 0. The first-order valence-electron chi connectivity index (χ1n) is 8.18. The Labute approximate surface area is 180 Å². The molecule has 9 heteroatoms. The van der Waals surface area contributed by atoms with Gasteiger partial charge in [0.1, 0.15) is 11.5 Å². The molecule has 0 unspecified atom stereocenters. The van der Waals surface area contributed by atoms with Crippen LogP contribution in [0, 0.1) is 0 Å². The quantitative estimate of drug-likeness (QED) is 0.315. The summed E-state index contributed by atoms with van der Waals surface area (Å²) < 4.78 is 12.1. The highest BCUT2D eigenvalue weighted by atomic mass is 35.5. The van der Waals surface area contributed by atoms with Crippen LogP contribution in [-0.2, 0) is 5.75 Å². The van der Waals surface area contributed by atoms with Gasteiger partial charge in [0.05, 0.1) is 25.5 Å². The Balaban J connectivity index is 1.56. The van der Waals surface area contributed by atoms with Crippen LogP contribution in [0.1, 0.15) is 15.9 Å². The lowest BCUT2D eigenvalue weighted by molar-refractivity contribution is 0.101. The van der Waals surface area contributed by atoms with Crippen molar-refractivity contribution in [2.75, 3.05) is 20.0 Å². The third-order valence-corrected chi connectivity index (χ3v) is 7.21. The zero-order chi connectivity index (χ0) is 19.9. The number of thioether (sulfide) groups is 2. The highest BCUT2D eigenvalue weighted by molar-refractivity contribution is 8.03. The molecule has 0 fully saturated rings. The van der Waals surface area contributed by atoms with Gasteiger partial charge in [-0.05, 0) is 35.9 Å². The Morgan fingerprint density at radius 3 is 2.43 bits per heavy atom. The van der Waals surface area contributed by atoms with Crippen molar-refractivity contribution in [3.05, 3.63) is 58.6 Å². The molecule has 0 saturated heterocycles. The Morgan fingerprint density at radius 2 is 1.75 bits per heavy atom. The predicted octanol–water partition coefficient (Wildman–Crippen LogP) is 5.48. The first kappa shape index (κ1) is 21.0. The van der Waals surface area contributed by atoms with E-state index in [0.29, 0.717) is 17.1 Å². The second kappa shape index (κ2) is 10.2. The van der Waals surface area contributed by atoms with E-state index in [-0.39, 0.29) is 11.5 Å². The second-order valence-corrected chi connectivity index (χ2v) is 9.39. The van der Waals surface area contributed by atoms with Crippen molar-refractivity contribution in [1.29, 1.82) is 0 Å². The van der Waals surface area contributed by atoms with Gasteiger partial charge in [-0.2, -0.15) is 0 Å². The van der Waals surface area contributed by atoms with Crippen molar-refractivity contribution in [2.45, 2.75) is 14.4 Å². The molecule has 0 spiro atoms. The van der Waals surface area contributed by atoms with E-state index in [1.165, 1.54) is 28.7 Å². The summed E-state index contributed by atoms with van der Waals surface area (Å²) in [7, 11) is 3.11. The Morgan fingerprint density at radius 1 is 1.04 bits per heavy atom. The topological polar surface area (TPSA) is 61.3 Å². The third kappa shape index (κ3) is 5.64. The van der Waals surface area contributed by atoms with E-state index in [9.17, 15) is 4.79 Å². The highest BCUT2D eigenvalue weighted by Crippen LogP contribution is 2.32. The molecular formula is C19H17ClN2O3S3. The van der Waals surface area contributed by atoms with E-state index < -0.39 is 0 Å². The molecule has 0 bridgehead atoms. The predicted molar refractivity (Wildman–Crippen MR) is 116 cm³/mol. The van der Waals surface area contributed by atoms with Gasteiger partial charge in [0.2, 0.25) is 0 Å². The van der Waals surface area contributed by atoms with Crippen LogP contribution in [0.25, 0.3) is 0 Å². The van der Waals surface area contributed by atoms with E-state index in [1.807, 2.05) is 24.3 Å². The number of halogens is 1. The number of ketones is 1. The van der Waals surface area contributed by atoms with Gasteiger partial charge in [-0.25, -0.2) is 0 Å². The molecule has 1 aromatic heterocycles. The third-order valence-electron chi connectivity index (χ3n) is 3.70. The molecule has 1 heterocycles. The van der Waals surface area contributed by atoms with Crippen molar-refractivity contribution in [1.82, 2.24) is 10.2 Å². The lowest BCUT2D eigenvalue weighted by Crippen LogP contribution is -2.05. The molecule has 146 valence electrons. The SMILES string of the molecule is COc1ccc(OC)c(C(=O)CSc2nnc(SCc3ccc(Cl)cc3)s2)c1. The number of Topliss-reactive ketones (excluding diaryl/α,β-unsaturated/α-hetero) is 1. The first-order valence-corrected chi connectivity index (χ1v) is 11.3. The van der Waals surface area contributed by atoms with Crippen LogP contribution in [0.15, 0.2) is 51.1 Å². The fourth-order valence-corrected chi connectivity index (χ4v) is 5.26. The maximum Gasteiger partial charge on any atom is 0.177 e. The number of rotatable bonds is 9. The number of carbonyl (C=O) groups excluding carboxylic acids is 1. The van der Waals surface area contributed by atoms with E-state index in [0.717, 1.165) is 19.5 Å². The van der Waals surface area contributed by atoms with Crippen LogP contribution in [0.3, 0.4) is 0 Å². The van der Waals surface area contributed by atoms with Crippen LogP contribution in [0.5, 0.6) is 11.5 Å². The molecule has 0 radical (unpaired) electrons. The Hall–Kier alpha value is -1.74. The van der Waals surface area contributed by atoms with Crippen LogP contribution in [0.4, 0.5) is 0 Å². The fraction of sp³-hybridized carbons (Fsp3) is 0.211. The average Bonchev–Trinajstić information content (AvgIpc) is 3.19. The van der Waals surface area contributed by atoms with Gasteiger partial charge in [0.25, 0.3) is 0 Å². The van der Waals surface area contributed by atoms with Gasteiger partial charge in [0, 0.05) is 10.8 Å². The maximum atomic E-state index is 12.6. The molecule has 0 saturated carbocycles. The molecule has 0 aliphatic carbocycles. The van der Waals surface area contributed by atoms with E-state index in [1.54, 1.807) is 44.2 Å². The first-order chi connectivity index (χ1) is 13.6. The maximum absolute atomic E-state index is 12.6. The molecule has 0 aliphatic rings. The summed E-state index contributed by atoms with van der Waals surface area (Å²) in [4.78, 5) is 12.6. The standard InChI is InChI=1S/C19H17ClN2O3S3/c1-24-14-7-8-17(25-2)15(9-14)16(23)11-27-19-22-21-18(28-19)26-10-12-3-5-13(20)6-4-12/h3-9H,10-11H2,1-2H3. The number of hydrogen-bond acceptors (Lipinski definition) is 8. The largest absolute Gasteiger partial charge is 0.497 e. The second-order valence-electron chi connectivity index (χ2n) is 5.53. The van der Waals surface area contributed by atoms with Crippen molar-refractivity contribution in [3.8, 4) is 11.5 Å². The molecule has 0 aliphatic heterocycles. The summed E-state index contributed by atoms with van der Waals surface area (Å²) in [5, 5.41) is 9.08.